The number of benzene rings is 2. The van der Waals surface area contributed by atoms with Crippen LogP contribution in [0.3, 0.4) is 0 Å². The third-order valence-electron chi connectivity index (χ3n) is 6.75. The molecule has 2 aromatic carbocycles. The van der Waals surface area contributed by atoms with E-state index in [1.807, 2.05) is 26.0 Å². The number of fused-ring (bicyclic) bond motifs is 4. The number of hydrogen-bond donors (Lipinski definition) is 1. The van der Waals surface area contributed by atoms with Crippen LogP contribution >= 0.6 is 0 Å². The van der Waals surface area contributed by atoms with Crippen LogP contribution in [0.4, 0.5) is 0 Å². The van der Waals surface area contributed by atoms with Crippen LogP contribution in [0.2, 0.25) is 0 Å². The van der Waals surface area contributed by atoms with Crippen LogP contribution in [0.15, 0.2) is 47.5 Å². The molecule has 5 rings (SSSR count). The molecule has 152 valence electrons. The predicted octanol–water partition coefficient (Wildman–Crippen LogP) is 3.03. The van der Waals surface area contributed by atoms with Gasteiger partial charge in [-0.15, -0.1) is 0 Å². The second-order valence-corrected chi connectivity index (χ2v) is 8.64. The minimum absolute atomic E-state index is 0.121. The summed E-state index contributed by atoms with van der Waals surface area (Å²) in [5.41, 5.74) is 7.90. The SMILES string of the molecule is CC(C)N1C(=O)C2(N=C1N)c1cc(C#N)ccc1OC21CCc2ccccc2CC1. The zero-order valence-corrected chi connectivity index (χ0v) is 17.2. The summed E-state index contributed by atoms with van der Waals surface area (Å²) in [6, 6.07) is 15.7. The first-order chi connectivity index (χ1) is 14.4. The molecule has 2 aromatic rings. The summed E-state index contributed by atoms with van der Waals surface area (Å²) in [4.78, 5) is 20.4. The molecule has 2 aliphatic heterocycles. The second-order valence-electron chi connectivity index (χ2n) is 8.64. The average molecular weight is 400 g/mol. The van der Waals surface area contributed by atoms with E-state index in [9.17, 15) is 10.1 Å². The molecule has 0 bridgehead atoms. The largest absolute Gasteiger partial charge is 0.483 e. The number of nitrogens with two attached hydrogens (primary N) is 1. The third kappa shape index (κ3) is 2.29. The number of carbonyl (C=O) groups is 1. The van der Waals surface area contributed by atoms with Crippen molar-refractivity contribution in [1.29, 1.82) is 5.26 Å². The van der Waals surface area contributed by atoms with Crippen LogP contribution in [0.1, 0.15) is 48.9 Å². The van der Waals surface area contributed by atoms with E-state index in [0.717, 1.165) is 12.8 Å². The Morgan fingerprint density at radius 1 is 1.17 bits per heavy atom. The molecule has 6 nitrogen and oxygen atoms in total. The number of nitriles is 1. The van der Waals surface area contributed by atoms with Crippen LogP contribution in [0.5, 0.6) is 5.75 Å². The first-order valence-electron chi connectivity index (χ1n) is 10.4. The van der Waals surface area contributed by atoms with E-state index in [-0.39, 0.29) is 17.9 Å². The molecule has 0 aromatic heterocycles. The van der Waals surface area contributed by atoms with E-state index in [1.54, 1.807) is 23.1 Å². The van der Waals surface area contributed by atoms with Gasteiger partial charge in [0.2, 0.25) is 5.54 Å². The maximum atomic E-state index is 14.0. The number of hydrogen-bond acceptors (Lipinski definition) is 5. The summed E-state index contributed by atoms with van der Waals surface area (Å²) in [6.45, 7) is 3.86. The number of aryl methyl sites for hydroxylation is 2. The van der Waals surface area contributed by atoms with Crippen molar-refractivity contribution in [3.63, 3.8) is 0 Å². The van der Waals surface area contributed by atoms with Gasteiger partial charge in [0, 0.05) is 11.6 Å². The minimum atomic E-state index is -1.26. The zero-order valence-electron chi connectivity index (χ0n) is 17.2. The van der Waals surface area contributed by atoms with Gasteiger partial charge in [-0.25, -0.2) is 4.99 Å². The minimum Gasteiger partial charge on any atom is -0.483 e. The number of guanidine groups is 1. The monoisotopic (exact) mass is 400 g/mol. The molecule has 6 heteroatoms. The van der Waals surface area contributed by atoms with Crippen molar-refractivity contribution in [3.8, 4) is 11.8 Å². The Morgan fingerprint density at radius 3 is 2.40 bits per heavy atom. The van der Waals surface area contributed by atoms with Crippen molar-refractivity contribution in [2.24, 2.45) is 10.7 Å². The fraction of sp³-hybridized carbons (Fsp3) is 0.375. The molecule has 2 spiro atoms. The molecule has 0 radical (unpaired) electrons. The lowest BCUT2D eigenvalue weighted by Crippen LogP contribution is -2.57. The maximum Gasteiger partial charge on any atom is 0.266 e. The van der Waals surface area contributed by atoms with Crippen molar-refractivity contribution in [1.82, 2.24) is 4.90 Å². The first kappa shape index (κ1) is 18.7. The Bertz CT molecular complexity index is 1100. The Balaban J connectivity index is 1.71. The fourth-order valence-electron chi connectivity index (χ4n) is 5.33. The maximum absolute atomic E-state index is 14.0. The van der Waals surface area contributed by atoms with Gasteiger partial charge in [0.1, 0.15) is 11.4 Å². The van der Waals surface area contributed by atoms with Crippen LogP contribution in [0.25, 0.3) is 0 Å². The van der Waals surface area contributed by atoms with E-state index in [2.05, 4.69) is 18.2 Å². The Hall–Kier alpha value is -3.33. The molecule has 0 saturated heterocycles. The number of amides is 1. The highest BCUT2D eigenvalue weighted by atomic mass is 16.5. The van der Waals surface area contributed by atoms with Gasteiger partial charge in [-0.3, -0.25) is 9.69 Å². The van der Waals surface area contributed by atoms with Gasteiger partial charge in [-0.2, -0.15) is 5.26 Å². The summed E-state index contributed by atoms with van der Waals surface area (Å²) in [7, 11) is 0. The molecule has 0 saturated carbocycles. The third-order valence-corrected chi connectivity index (χ3v) is 6.75. The van der Waals surface area contributed by atoms with E-state index < -0.39 is 11.1 Å². The smallest absolute Gasteiger partial charge is 0.266 e. The van der Waals surface area contributed by atoms with Gasteiger partial charge in [0.05, 0.1) is 11.6 Å². The van der Waals surface area contributed by atoms with Crippen molar-refractivity contribution in [2.75, 3.05) is 0 Å². The fourth-order valence-corrected chi connectivity index (χ4v) is 5.33. The Morgan fingerprint density at radius 2 is 1.83 bits per heavy atom. The van der Waals surface area contributed by atoms with Gasteiger partial charge in [0.25, 0.3) is 5.91 Å². The summed E-state index contributed by atoms with van der Waals surface area (Å²) >= 11 is 0. The van der Waals surface area contributed by atoms with Gasteiger partial charge in [-0.1, -0.05) is 24.3 Å². The normalized spacial score (nSPS) is 23.7. The lowest BCUT2D eigenvalue weighted by molar-refractivity contribution is -0.140. The molecule has 1 aliphatic carbocycles. The Kier molecular flexibility index (Phi) is 3.94. The Labute approximate surface area is 176 Å². The highest BCUT2D eigenvalue weighted by Gasteiger charge is 2.69. The van der Waals surface area contributed by atoms with Crippen molar-refractivity contribution in [3.05, 3.63) is 64.7 Å². The van der Waals surface area contributed by atoms with E-state index in [0.29, 0.717) is 29.7 Å². The van der Waals surface area contributed by atoms with Crippen LogP contribution in [0, 0.1) is 11.3 Å². The number of rotatable bonds is 1. The highest BCUT2D eigenvalue weighted by molar-refractivity contribution is 6.09. The van der Waals surface area contributed by atoms with E-state index >= 15 is 0 Å². The van der Waals surface area contributed by atoms with Crippen LogP contribution in [-0.2, 0) is 23.2 Å². The van der Waals surface area contributed by atoms with Crippen LogP contribution in [-0.4, -0.2) is 28.4 Å². The quantitative estimate of drug-likeness (QED) is 0.796. The van der Waals surface area contributed by atoms with Crippen LogP contribution < -0.4 is 10.5 Å². The predicted molar refractivity (Wildman–Crippen MR) is 113 cm³/mol. The number of nitrogens with zero attached hydrogens (tertiary/aromatic N) is 3. The van der Waals surface area contributed by atoms with Crippen molar-refractivity contribution < 1.29 is 9.53 Å². The van der Waals surface area contributed by atoms with Gasteiger partial charge >= 0.3 is 0 Å². The molecule has 30 heavy (non-hydrogen) atoms. The molecule has 2 heterocycles. The number of carbonyl (C=O) groups excluding carboxylic acids is 1. The molecule has 1 amide bonds. The zero-order chi connectivity index (χ0) is 21.1. The number of aliphatic imine (C=N–C) groups is 1. The second kappa shape index (κ2) is 6.33. The summed E-state index contributed by atoms with van der Waals surface area (Å²) < 4.78 is 6.61. The number of ether oxygens (including phenoxy) is 1. The van der Waals surface area contributed by atoms with Gasteiger partial charge in [0.15, 0.2) is 5.96 Å². The summed E-state index contributed by atoms with van der Waals surface area (Å²) in [5.74, 6) is 0.681. The molecule has 1 unspecified atom stereocenters. The molecular formula is C24H24N4O2. The molecular weight excluding hydrogens is 376 g/mol. The summed E-state index contributed by atoms with van der Waals surface area (Å²) in [5, 5.41) is 9.48. The molecule has 3 aliphatic rings. The standard InChI is InChI=1S/C24H24N4O2/c1-15(2)28-21(29)24(27-22(28)26)19-13-16(14-25)7-8-20(19)30-23(24)11-9-17-5-3-4-6-18(17)10-12-23/h3-8,13,15H,9-12H2,1-2H3,(H2,26,27). The topological polar surface area (TPSA) is 91.7 Å². The van der Waals surface area contributed by atoms with Gasteiger partial charge < -0.3 is 10.5 Å². The van der Waals surface area contributed by atoms with E-state index in [1.165, 1.54) is 11.1 Å². The summed E-state index contributed by atoms with van der Waals surface area (Å²) in [6.07, 6.45) is 2.88. The van der Waals surface area contributed by atoms with E-state index in [4.69, 9.17) is 15.5 Å². The molecule has 2 N–H and O–H groups in total. The lowest BCUT2D eigenvalue weighted by atomic mass is 9.71. The highest BCUT2D eigenvalue weighted by Crippen LogP contribution is 2.57. The van der Waals surface area contributed by atoms with Crippen molar-refractivity contribution >= 4 is 11.9 Å². The van der Waals surface area contributed by atoms with Gasteiger partial charge in [-0.05, 0) is 68.9 Å². The average Bonchev–Trinajstić information content (AvgIpc) is 3.07. The molecule has 1 atom stereocenters. The first-order valence-corrected chi connectivity index (χ1v) is 10.4. The molecule has 0 fully saturated rings. The lowest BCUT2D eigenvalue weighted by Gasteiger charge is -2.39. The van der Waals surface area contributed by atoms with Crippen molar-refractivity contribution in [2.45, 2.75) is 56.7 Å².